The third-order valence-electron chi connectivity index (χ3n) is 4.80. The second-order valence-electron chi connectivity index (χ2n) is 6.62. The Hall–Kier alpha value is -3.54. The molecule has 29 heavy (non-hydrogen) atoms. The van der Waals surface area contributed by atoms with Crippen molar-refractivity contribution in [3.8, 4) is 11.3 Å². The van der Waals surface area contributed by atoms with Crippen LogP contribution in [-0.2, 0) is 13.2 Å². The Balaban J connectivity index is 1.78. The molecule has 0 fully saturated rings. The van der Waals surface area contributed by atoms with Gasteiger partial charge in [-0.05, 0) is 23.8 Å². The highest BCUT2D eigenvalue weighted by Gasteiger charge is 2.33. The first-order valence-corrected chi connectivity index (χ1v) is 9.05. The minimum absolute atomic E-state index is 0.0854. The zero-order valence-electron chi connectivity index (χ0n) is 15.6. The van der Waals surface area contributed by atoms with Crippen LogP contribution in [0.5, 0.6) is 0 Å². The zero-order chi connectivity index (χ0) is 20.4. The van der Waals surface area contributed by atoms with Crippen LogP contribution < -0.4 is 5.43 Å². The summed E-state index contributed by atoms with van der Waals surface area (Å²) in [6.07, 6.45) is -2.87. The van der Waals surface area contributed by atoms with Gasteiger partial charge in [-0.2, -0.15) is 18.3 Å². The van der Waals surface area contributed by atoms with E-state index in [1.165, 1.54) is 12.1 Å². The van der Waals surface area contributed by atoms with E-state index in [-0.39, 0.29) is 5.69 Å². The third-order valence-corrected chi connectivity index (χ3v) is 4.80. The number of fused-ring (bicyclic) bond motifs is 1. The molecule has 0 spiro atoms. The largest absolute Gasteiger partial charge is 0.418 e. The number of benzene rings is 3. The normalized spacial score (nSPS) is 12.0. The summed E-state index contributed by atoms with van der Waals surface area (Å²) in [6, 6.07) is 23.0. The van der Waals surface area contributed by atoms with Crippen molar-refractivity contribution in [1.29, 1.82) is 0 Å². The van der Waals surface area contributed by atoms with Crippen LogP contribution >= 0.6 is 0 Å². The second-order valence-corrected chi connectivity index (χ2v) is 6.62. The maximum absolute atomic E-state index is 13.2. The first-order valence-electron chi connectivity index (χ1n) is 9.05. The monoisotopic (exact) mass is 393 g/mol. The van der Waals surface area contributed by atoms with Crippen molar-refractivity contribution in [2.75, 3.05) is 5.43 Å². The first-order chi connectivity index (χ1) is 14.0. The molecule has 1 N–H and O–H groups in total. The van der Waals surface area contributed by atoms with Gasteiger partial charge in [-0.25, -0.2) is 0 Å². The van der Waals surface area contributed by atoms with E-state index in [0.717, 1.165) is 33.8 Å². The van der Waals surface area contributed by atoms with Crippen LogP contribution in [0.1, 0.15) is 11.1 Å². The van der Waals surface area contributed by atoms with Crippen LogP contribution in [0.25, 0.3) is 22.2 Å². The maximum atomic E-state index is 13.2. The minimum Gasteiger partial charge on any atom is -0.343 e. The van der Waals surface area contributed by atoms with E-state index in [1.807, 2.05) is 61.6 Å². The number of para-hydroxylation sites is 2. The lowest BCUT2D eigenvalue weighted by atomic mass is 10.1. The van der Waals surface area contributed by atoms with Crippen LogP contribution in [0.3, 0.4) is 0 Å². The number of hydrazone groups is 1. The second kappa shape index (κ2) is 7.47. The summed E-state index contributed by atoms with van der Waals surface area (Å²) in [4.78, 5) is 0. The molecule has 0 saturated heterocycles. The van der Waals surface area contributed by atoms with Crippen molar-refractivity contribution < 1.29 is 13.2 Å². The van der Waals surface area contributed by atoms with E-state index in [4.69, 9.17) is 0 Å². The van der Waals surface area contributed by atoms with Crippen LogP contribution in [0.15, 0.2) is 84.0 Å². The molecule has 3 nitrogen and oxygen atoms in total. The van der Waals surface area contributed by atoms with Gasteiger partial charge in [0.15, 0.2) is 0 Å². The van der Waals surface area contributed by atoms with Gasteiger partial charge in [0.25, 0.3) is 0 Å². The Bertz CT molecular complexity index is 1180. The molecule has 6 heteroatoms. The number of aromatic nitrogens is 1. The van der Waals surface area contributed by atoms with Crippen molar-refractivity contribution >= 4 is 22.8 Å². The van der Waals surface area contributed by atoms with E-state index in [2.05, 4.69) is 15.1 Å². The van der Waals surface area contributed by atoms with Gasteiger partial charge >= 0.3 is 6.18 Å². The fraction of sp³-hybridized carbons (Fsp3) is 0.0870. The number of nitrogens with one attached hydrogen (secondary N) is 1. The van der Waals surface area contributed by atoms with E-state index in [1.54, 1.807) is 12.3 Å². The summed E-state index contributed by atoms with van der Waals surface area (Å²) in [7, 11) is 1.97. The van der Waals surface area contributed by atoms with Gasteiger partial charge in [0, 0.05) is 23.5 Å². The van der Waals surface area contributed by atoms with E-state index in [9.17, 15) is 13.2 Å². The van der Waals surface area contributed by atoms with E-state index in [0.29, 0.717) is 0 Å². The molecule has 0 atom stereocenters. The lowest BCUT2D eigenvalue weighted by Gasteiger charge is -2.11. The number of aryl methyl sites for hydroxylation is 1. The van der Waals surface area contributed by atoms with Crippen LogP contribution in [0.4, 0.5) is 18.9 Å². The maximum Gasteiger partial charge on any atom is 0.418 e. The van der Waals surface area contributed by atoms with Gasteiger partial charge in [0.05, 0.1) is 23.2 Å². The lowest BCUT2D eigenvalue weighted by Crippen LogP contribution is -2.08. The van der Waals surface area contributed by atoms with Crippen molar-refractivity contribution in [3.63, 3.8) is 0 Å². The average Bonchev–Trinajstić information content (AvgIpc) is 3.00. The highest BCUT2D eigenvalue weighted by Crippen LogP contribution is 2.35. The van der Waals surface area contributed by atoms with Gasteiger partial charge < -0.3 is 4.57 Å². The molecule has 1 heterocycles. The first kappa shape index (κ1) is 18.8. The van der Waals surface area contributed by atoms with Crippen LogP contribution in [-0.4, -0.2) is 10.8 Å². The minimum atomic E-state index is -4.45. The molecule has 0 aliphatic carbocycles. The molecule has 0 unspecified atom stereocenters. The van der Waals surface area contributed by atoms with Gasteiger partial charge in [-0.15, -0.1) is 0 Å². The van der Waals surface area contributed by atoms with Crippen molar-refractivity contribution in [3.05, 3.63) is 90.0 Å². The standard InChI is InChI=1S/C23H18F3N3/c1-29-21-14-8-5-11-17(21)18(22(29)16-9-3-2-4-10-16)15-27-28-20-13-7-6-12-19(20)23(24,25)26/h2-15,28H,1H3/b27-15+. The van der Waals surface area contributed by atoms with E-state index >= 15 is 0 Å². The Labute approximate surface area is 166 Å². The third kappa shape index (κ3) is 3.61. The number of hydrogen-bond donors (Lipinski definition) is 1. The van der Waals surface area contributed by atoms with Gasteiger partial charge in [-0.1, -0.05) is 60.7 Å². The predicted molar refractivity (Wildman–Crippen MR) is 111 cm³/mol. The SMILES string of the molecule is Cn1c(-c2ccccc2)c(/C=N/Nc2ccccc2C(F)(F)F)c2ccccc21. The molecule has 4 aromatic rings. The Morgan fingerprint density at radius 3 is 2.28 bits per heavy atom. The number of rotatable bonds is 4. The number of halogens is 3. The van der Waals surface area contributed by atoms with Crippen molar-refractivity contribution in [2.24, 2.45) is 12.1 Å². The molecule has 0 aliphatic rings. The topological polar surface area (TPSA) is 29.3 Å². The predicted octanol–water partition coefficient (Wildman–Crippen LogP) is 6.31. The van der Waals surface area contributed by atoms with Crippen molar-refractivity contribution in [1.82, 2.24) is 4.57 Å². The molecule has 1 aromatic heterocycles. The molecule has 0 amide bonds. The Morgan fingerprint density at radius 2 is 1.52 bits per heavy atom. The average molecular weight is 393 g/mol. The van der Waals surface area contributed by atoms with Gasteiger partial charge in [0.1, 0.15) is 0 Å². The smallest absolute Gasteiger partial charge is 0.343 e. The highest BCUT2D eigenvalue weighted by atomic mass is 19.4. The summed E-state index contributed by atoms with van der Waals surface area (Å²) in [5.41, 5.74) is 5.53. The Kier molecular flexibility index (Phi) is 4.84. The zero-order valence-corrected chi connectivity index (χ0v) is 15.6. The van der Waals surface area contributed by atoms with Crippen LogP contribution in [0.2, 0.25) is 0 Å². The van der Waals surface area contributed by atoms with Gasteiger partial charge in [0.2, 0.25) is 0 Å². The molecular weight excluding hydrogens is 375 g/mol. The summed E-state index contributed by atoms with van der Waals surface area (Å²) in [6.45, 7) is 0. The summed E-state index contributed by atoms with van der Waals surface area (Å²) >= 11 is 0. The molecule has 4 rings (SSSR count). The van der Waals surface area contributed by atoms with Crippen LogP contribution in [0, 0.1) is 0 Å². The highest BCUT2D eigenvalue weighted by molar-refractivity contribution is 6.06. The summed E-state index contributed by atoms with van der Waals surface area (Å²) in [5.74, 6) is 0. The molecule has 0 aliphatic heterocycles. The Morgan fingerprint density at radius 1 is 0.862 bits per heavy atom. The number of hydrogen-bond acceptors (Lipinski definition) is 2. The number of anilines is 1. The summed E-state index contributed by atoms with van der Waals surface area (Å²) in [5, 5.41) is 5.12. The summed E-state index contributed by atoms with van der Waals surface area (Å²) < 4.78 is 41.7. The molecule has 0 radical (unpaired) electrons. The number of nitrogens with zero attached hydrogens (tertiary/aromatic N) is 2. The molecule has 3 aromatic carbocycles. The molecule has 0 bridgehead atoms. The molecule has 146 valence electrons. The molecular formula is C23H18F3N3. The fourth-order valence-electron chi connectivity index (χ4n) is 3.49. The van der Waals surface area contributed by atoms with E-state index < -0.39 is 11.7 Å². The lowest BCUT2D eigenvalue weighted by molar-refractivity contribution is -0.136. The number of alkyl halides is 3. The van der Waals surface area contributed by atoms with Gasteiger partial charge in [-0.3, -0.25) is 5.43 Å². The van der Waals surface area contributed by atoms with Crippen molar-refractivity contribution in [2.45, 2.75) is 6.18 Å². The molecule has 0 saturated carbocycles. The fourth-order valence-corrected chi connectivity index (χ4v) is 3.49. The quantitative estimate of drug-likeness (QED) is 0.319.